The highest BCUT2D eigenvalue weighted by Gasteiger charge is 2.12. The third kappa shape index (κ3) is 1.81. The predicted molar refractivity (Wildman–Crippen MR) is 69.4 cm³/mol. The molecule has 0 fully saturated rings. The molecule has 2 aromatic rings. The van der Waals surface area contributed by atoms with Crippen LogP contribution in [0, 0.1) is 0 Å². The first kappa shape index (κ1) is 11.4. The number of phenolic OH excluding ortho intramolecular Hbond substituents is 2. The van der Waals surface area contributed by atoms with Crippen LogP contribution in [0.4, 0.5) is 0 Å². The van der Waals surface area contributed by atoms with Gasteiger partial charge in [-0.2, -0.15) is 0 Å². The fourth-order valence-corrected chi connectivity index (χ4v) is 4.33. The molecule has 1 aromatic heterocycles. The van der Waals surface area contributed by atoms with Crippen LogP contribution in [0.3, 0.4) is 0 Å². The predicted octanol–water partition coefficient (Wildman–Crippen LogP) is 2.19. The van der Waals surface area contributed by atoms with Gasteiger partial charge in [-0.1, -0.05) is 22.7 Å². The summed E-state index contributed by atoms with van der Waals surface area (Å²) in [6.07, 6.45) is 0. The molecule has 3 nitrogen and oxygen atoms in total. The minimum Gasteiger partial charge on any atom is -0.506 e. The number of rotatable bonds is 2. The van der Waals surface area contributed by atoms with Crippen molar-refractivity contribution in [3.05, 3.63) is 16.1 Å². The van der Waals surface area contributed by atoms with Crippen molar-refractivity contribution in [1.29, 1.82) is 0 Å². The largest absolute Gasteiger partial charge is 0.506 e. The molecule has 0 saturated heterocycles. The lowest BCUT2D eigenvalue weighted by molar-refractivity contribution is 0.471. The number of hydrogen-bond acceptors (Lipinski definition) is 4. The van der Waals surface area contributed by atoms with E-state index in [2.05, 4.69) is 18.4 Å². The van der Waals surface area contributed by atoms with E-state index in [1.165, 1.54) is 34.8 Å². The van der Waals surface area contributed by atoms with E-state index in [0.29, 0.717) is 0 Å². The third-order valence-electron chi connectivity index (χ3n) is 2.47. The van der Waals surface area contributed by atoms with E-state index < -0.39 is 0 Å². The normalized spacial score (nSPS) is 10.9. The Labute approximate surface area is 102 Å². The van der Waals surface area contributed by atoms with E-state index in [1.807, 2.05) is 0 Å². The Hall–Kier alpha value is -1.07. The SMILES string of the molecule is CC[N+](CC)=c1sc2c(O)ccc(O)c2s1. The standard InChI is InChI=1S/C11H13NO2S2/c1-3-12(4-2)11-15-9-7(13)5-6-8(14)10(9)16-11/h5-6H,3-4H2,1-2H3,(H-,13,14)/p+1. The maximum atomic E-state index is 9.72. The second-order valence-corrected chi connectivity index (χ2v) is 5.66. The van der Waals surface area contributed by atoms with Crippen LogP contribution in [0.1, 0.15) is 13.8 Å². The summed E-state index contributed by atoms with van der Waals surface area (Å²) < 4.78 is 4.88. The smallest absolute Gasteiger partial charge is 0.315 e. The third-order valence-corrected chi connectivity index (χ3v) is 5.20. The maximum absolute atomic E-state index is 9.72. The minimum absolute atomic E-state index is 0.243. The van der Waals surface area contributed by atoms with Crippen molar-refractivity contribution in [2.24, 2.45) is 0 Å². The number of hydrogen-bond donors (Lipinski definition) is 2. The second-order valence-electron chi connectivity index (χ2n) is 3.40. The highest BCUT2D eigenvalue weighted by atomic mass is 32.2. The van der Waals surface area contributed by atoms with Crippen LogP contribution in [0.25, 0.3) is 9.40 Å². The number of aromatic hydroxyl groups is 2. The quantitative estimate of drug-likeness (QED) is 0.639. The first-order chi connectivity index (χ1) is 7.67. The van der Waals surface area contributed by atoms with E-state index in [4.69, 9.17) is 0 Å². The van der Waals surface area contributed by atoms with Crippen molar-refractivity contribution >= 4 is 32.1 Å². The van der Waals surface area contributed by atoms with Crippen LogP contribution in [-0.4, -0.2) is 23.3 Å². The van der Waals surface area contributed by atoms with Gasteiger partial charge in [-0.3, -0.25) is 0 Å². The molecule has 0 bridgehead atoms. The Balaban J connectivity index is 2.83. The molecule has 2 rings (SSSR count). The lowest BCUT2D eigenvalue weighted by Crippen LogP contribution is -2.25. The molecular formula is C11H14NO2S2+. The molecular weight excluding hydrogens is 242 g/mol. The van der Waals surface area contributed by atoms with Crippen molar-refractivity contribution in [3.8, 4) is 11.5 Å². The zero-order chi connectivity index (χ0) is 11.7. The molecule has 0 radical (unpaired) electrons. The van der Waals surface area contributed by atoms with E-state index >= 15 is 0 Å². The molecule has 86 valence electrons. The Morgan fingerprint density at radius 3 is 1.81 bits per heavy atom. The van der Waals surface area contributed by atoms with Gasteiger partial charge in [0.1, 0.15) is 24.6 Å². The van der Waals surface area contributed by atoms with Crippen molar-refractivity contribution in [1.82, 2.24) is 4.58 Å². The van der Waals surface area contributed by atoms with Crippen molar-refractivity contribution < 1.29 is 10.2 Å². The molecule has 0 aliphatic rings. The summed E-state index contributed by atoms with van der Waals surface area (Å²) in [6.45, 7) is 6.06. The van der Waals surface area contributed by atoms with Crippen LogP contribution in [-0.2, 0) is 0 Å². The summed E-state index contributed by atoms with van der Waals surface area (Å²) in [5.74, 6) is 0.486. The van der Waals surface area contributed by atoms with Gasteiger partial charge < -0.3 is 10.2 Å². The van der Waals surface area contributed by atoms with E-state index in [0.717, 1.165) is 26.5 Å². The van der Waals surface area contributed by atoms with E-state index in [1.54, 1.807) is 0 Å². The van der Waals surface area contributed by atoms with Gasteiger partial charge in [-0.05, 0) is 26.0 Å². The Bertz CT molecular complexity index is 535. The van der Waals surface area contributed by atoms with Crippen molar-refractivity contribution in [2.75, 3.05) is 13.1 Å². The van der Waals surface area contributed by atoms with Gasteiger partial charge in [-0.25, -0.2) is 4.58 Å². The van der Waals surface area contributed by atoms with Crippen molar-refractivity contribution in [3.63, 3.8) is 0 Å². The molecule has 0 amide bonds. The zero-order valence-electron chi connectivity index (χ0n) is 9.23. The number of nitrogens with zero attached hydrogens (tertiary/aromatic N) is 1. The fourth-order valence-electron chi connectivity index (χ4n) is 1.55. The van der Waals surface area contributed by atoms with Gasteiger partial charge in [0.2, 0.25) is 0 Å². The van der Waals surface area contributed by atoms with Gasteiger partial charge >= 0.3 is 3.98 Å². The monoisotopic (exact) mass is 256 g/mol. The van der Waals surface area contributed by atoms with Gasteiger partial charge in [-0.15, -0.1) is 0 Å². The highest BCUT2D eigenvalue weighted by Crippen LogP contribution is 2.36. The maximum Gasteiger partial charge on any atom is 0.315 e. The molecule has 16 heavy (non-hydrogen) atoms. The van der Waals surface area contributed by atoms with Crippen LogP contribution in [0.2, 0.25) is 0 Å². The molecule has 0 spiro atoms. The van der Waals surface area contributed by atoms with E-state index in [-0.39, 0.29) is 11.5 Å². The molecule has 0 atom stereocenters. The minimum atomic E-state index is 0.243. The Morgan fingerprint density at radius 1 is 1.00 bits per heavy atom. The van der Waals surface area contributed by atoms with Crippen LogP contribution in [0.5, 0.6) is 11.5 Å². The summed E-state index contributed by atoms with van der Waals surface area (Å²) >= 11 is 3.06. The van der Waals surface area contributed by atoms with Crippen LogP contribution < -0.4 is 8.56 Å². The van der Waals surface area contributed by atoms with Gasteiger partial charge in [0.15, 0.2) is 0 Å². The van der Waals surface area contributed by atoms with E-state index in [9.17, 15) is 10.2 Å². The highest BCUT2D eigenvalue weighted by molar-refractivity contribution is 7.36. The molecule has 0 unspecified atom stereocenters. The van der Waals surface area contributed by atoms with Crippen LogP contribution >= 0.6 is 22.7 Å². The molecule has 2 N–H and O–H groups in total. The topological polar surface area (TPSA) is 43.5 Å². The Kier molecular flexibility index (Phi) is 3.16. The number of phenols is 2. The van der Waals surface area contributed by atoms with Gasteiger partial charge in [0.05, 0.1) is 9.40 Å². The molecule has 1 aromatic carbocycles. The summed E-state index contributed by atoms with van der Waals surface area (Å²) in [6, 6.07) is 3.07. The average Bonchev–Trinajstić information content (AvgIpc) is 2.71. The average molecular weight is 256 g/mol. The molecule has 0 aliphatic carbocycles. The fraction of sp³-hybridized carbons (Fsp3) is 0.364. The van der Waals surface area contributed by atoms with Gasteiger partial charge in [0.25, 0.3) is 0 Å². The number of fused-ring (bicyclic) bond motifs is 1. The summed E-state index contributed by atoms with van der Waals surface area (Å²) in [7, 11) is 0. The summed E-state index contributed by atoms with van der Waals surface area (Å²) in [5.41, 5.74) is 0. The molecule has 0 aliphatic heterocycles. The zero-order valence-corrected chi connectivity index (χ0v) is 10.9. The molecule has 1 heterocycles. The number of benzene rings is 1. The van der Waals surface area contributed by atoms with Crippen LogP contribution in [0.15, 0.2) is 12.1 Å². The molecule has 5 heteroatoms. The first-order valence-corrected chi connectivity index (χ1v) is 6.83. The second kappa shape index (κ2) is 4.43. The molecule has 0 saturated carbocycles. The summed E-state index contributed by atoms with van der Waals surface area (Å²) in [4.78, 5) is 0. The lowest BCUT2D eigenvalue weighted by atomic mass is 10.3. The Morgan fingerprint density at radius 2 is 1.44 bits per heavy atom. The van der Waals surface area contributed by atoms with Gasteiger partial charge in [0, 0.05) is 0 Å². The first-order valence-electron chi connectivity index (χ1n) is 5.19. The van der Waals surface area contributed by atoms with Crippen molar-refractivity contribution in [2.45, 2.75) is 13.8 Å². The lowest BCUT2D eigenvalue weighted by Gasteiger charge is -1.94. The summed E-state index contributed by atoms with van der Waals surface area (Å²) in [5, 5.41) is 19.4.